The van der Waals surface area contributed by atoms with E-state index in [4.69, 9.17) is 0 Å². The van der Waals surface area contributed by atoms with Gasteiger partial charge in [-0.2, -0.15) is 0 Å². The van der Waals surface area contributed by atoms with E-state index in [-0.39, 0.29) is 0 Å². The second-order valence-electron chi connectivity index (χ2n) is 8.12. The highest BCUT2D eigenvalue weighted by molar-refractivity contribution is 5.95. The first kappa shape index (κ1) is 19.9. The Balaban J connectivity index is 1.46. The number of aromatic nitrogens is 6. The molecule has 0 amide bonds. The van der Waals surface area contributed by atoms with Gasteiger partial charge in [-0.05, 0) is 57.7 Å². The summed E-state index contributed by atoms with van der Waals surface area (Å²) in [5.41, 5.74) is 8.61. The van der Waals surface area contributed by atoms with E-state index >= 15 is 0 Å². The van der Waals surface area contributed by atoms with Crippen molar-refractivity contribution >= 4 is 22.1 Å². The molecule has 6 aromatic rings. The van der Waals surface area contributed by atoms with Crippen molar-refractivity contribution in [3.63, 3.8) is 0 Å². The molecule has 0 saturated carbocycles. The number of rotatable bonds is 5. The zero-order valence-corrected chi connectivity index (χ0v) is 18.1. The number of hydrogen-bond acceptors (Lipinski definition) is 6. The van der Waals surface area contributed by atoms with Crippen LogP contribution in [0.15, 0.2) is 84.9 Å². The van der Waals surface area contributed by atoms with Gasteiger partial charge in [0.2, 0.25) is 0 Å². The van der Waals surface area contributed by atoms with Gasteiger partial charge in [-0.15, -0.1) is 10.2 Å². The largest absolute Gasteiger partial charge is 0.410 e. The summed E-state index contributed by atoms with van der Waals surface area (Å²) in [6, 6.07) is 27.8. The first-order valence-electron chi connectivity index (χ1n) is 10.9. The van der Waals surface area contributed by atoms with Crippen LogP contribution in [-0.2, 0) is 12.8 Å². The lowest BCUT2D eigenvalue weighted by Crippen LogP contribution is -1.99. The Labute approximate surface area is 194 Å². The fourth-order valence-electron chi connectivity index (χ4n) is 4.58. The van der Waals surface area contributed by atoms with Gasteiger partial charge in [0, 0.05) is 11.1 Å². The van der Waals surface area contributed by atoms with Crippen molar-refractivity contribution in [2.24, 2.45) is 0 Å². The van der Waals surface area contributed by atoms with Gasteiger partial charge < -0.3 is 10.4 Å². The molecule has 6 rings (SSSR count). The third-order valence-corrected chi connectivity index (χ3v) is 6.16. The van der Waals surface area contributed by atoms with Crippen LogP contribution in [0.2, 0.25) is 0 Å². The summed E-state index contributed by atoms with van der Waals surface area (Å²) in [5, 5.41) is 36.2. The highest BCUT2D eigenvalue weighted by Crippen LogP contribution is 2.34. The van der Waals surface area contributed by atoms with E-state index < -0.39 is 0 Å². The summed E-state index contributed by atoms with van der Waals surface area (Å²) in [4.78, 5) is 1.62. The molecule has 0 spiro atoms. The Bertz CT molecular complexity index is 1500. The zero-order chi connectivity index (χ0) is 23.1. The van der Waals surface area contributed by atoms with Gasteiger partial charge in [0.25, 0.3) is 0 Å². The predicted octanol–water partition coefficient (Wildman–Crippen LogP) is 4.77. The zero-order valence-electron chi connectivity index (χ0n) is 18.1. The van der Waals surface area contributed by atoms with Crippen LogP contribution in [0, 0.1) is 0 Å². The monoisotopic (exact) mass is 448 g/mol. The molecule has 0 aliphatic rings. The van der Waals surface area contributed by atoms with E-state index in [9.17, 15) is 10.4 Å². The Hall–Kier alpha value is -4.72. The minimum atomic E-state index is 0.563. The van der Waals surface area contributed by atoms with E-state index in [2.05, 4.69) is 20.6 Å². The fraction of sp³-hybridized carbons (Fsp3) is 0.0769. The van der Waals surface area contributed by atoms with Gasteiger partial charge in [0.1, 0.15) is 22.1 Å². The van der Waals surface area contributed by atoms with E-state index in [1.54, 1.807) is 0 Å². The van der Waals surface area contributed by atoms with Gasteiger partial charge >= 0.3 is 0 Å². The topological polar surface area (TPSA) is 102 Å². The Morgan fingerprint density at radius 1 is 0.529 bits per heavy atom. The molecule has 0 fully saturated rings. The summed E-state index contributed by atoms with van der Waals surface area (Å²) < 4.78 is 0. The van der Waals surface area contributed by atoms with Crippen LogP contribution in [0.25, 0.3) is 44.3 Å². The normalized spacial score (nSPS) is 11.4. The van der Waals surface area contributed by atoms with Crippen LogP contribution >= 0.6 is 0 Å². The van der Waals surface area contributed by atoms with Gasteiger partial charge in [0.15, 0.2) is 0 Å². The van der Waals surface area contributed by atoms with Crippen molar-refractivity contribution in [3.05, 3.63) is 96.1 Å². The molecule has 8 heteroatoms. The summed E-state index contributed by atoms with van der Waals surface area (Å²) in [7, 11) is 0. The van der Waals surface area contributed by atoms with Crippen molar-refractivity contribution in [2.45, 2.75) is 12.8 Å². The molecular formula is C26H20N6O2. The molecule has 2 N–H and O–H groups in total. The number of aryl methyl sites for hydroxylation is 2. The first-order chi connectivity index (χ1) is 16.7. The van der Waals surface area contributed by atoms with Crippen LogP contribution in [0.1, 0.15) is 11.1 Å². The Morgan fingerprint density at radius 2 is 0.941 bits per heavy atom. The molecule has 0 saturated heterocycles. The molecule has 166 valence electrons. The summed E-state index contributed by atoms with van der Waals surface area (Å²) >= 11 is 0. The molecule has 0 atom stereocenters. The molecule has 0 unspecified atom stereocenters. The average Bonchev–Trinajstić information content (AvgIpc) is 3.45. The molecule has 0 radical (unpaired) electrons. The molecule has 0 aliphatic carbocycles. The van der Waals surface area contributed by atoms with Crippen molar-refractivity contribution in [1.82, 2.24) is 30.3 Å². The van der Waals surface area contributed by atoms with Gasteiger partial charge in [-0.3, -0.25) is 0 Å². The van der Waals surface area contributed by atoms with Crippen LogP contribution < -0.4 is 0 Å². The van der Waals surface area contributed by atoms with Crippen LogP contribution in [0.5, 0.6) is 0 Å². The summed E-state index contributed by atoms with van der Waals surface area (Å²) in [6.07, 6.45) is 1.47. The van der Waals surface area contributed by atoms with Crippen LogP contribution in [0.4, 0.5) is 0 Å². The lowest BCUT2D eigenvalue weighted by Gasteiger charge is -2.14. The number of benzene rings is 4. The lowest BCUT2D eigenvalue weighted by molar-refractivity contribution is 0.154. The van der Waals surface area contributed by atoms with Gasteiger partial charge in [-0.25, -0.2) is 0 Å². The molecule has 34 heavy (non-hydrogen) atoms. The first-order valence-corrected chi connectivity index (χ1v) is 10.9. The van der Waals surface area contributed by atoms with Crippen molar-refractivity contribution in [2.75, 3.05) is 0 Å². The molecule has 0 bridgehead atoms. The van der Waals surface area contributed by atoms with Gasteiger partial charge in [0.05, 0.1) is 0 Å². The highest BCUT2D eigenvalue weighted by Gasteiger charge is 2.18. The predicted molar refractivity (Wildman–Crippen MR) is 128 cm³/mol. The lowest BCUT2D eigenvalue weighted by atomic mass is 9.90. The summed E-state index contributed by atoms with van der Waals surface area (Å²) in [6.45, 7) is 0. The highest BCUT2D eigenvalue weighted by atomic mass is 16.5. The molecular weight excluding hydrogens is 428 g/mol. The van der Waals surface area contributed by atoms with E-state index in [1.807, 2.05) is 84.9 Å². The number of fused-ring (bicyclic) bond motifs is 2. The minimum Gasteiger partial charge on any atom is -0.410 e. The van der Waals surface area contributed by atoms with Crippen molar-refractivity contribution in [3.8, 4) is 22.3 Å². The number of nitrogens with zero attached hydrogens (tertiary/aromatic N) is 6. The molecule has 2 heterocycles. The maximum atomic E-state index is 10.1. The Kier molecular flexibility index (Phi) is 4.69. The SMILES string of the molecule is On1nnc2c(-c3ccccc3)c(CCc3ccc4c(nnn4O)c3-c3ccccc3)ccc21. The van der Waals surface area contributed by atoms with Crippen LogP contribution in [0.3, 0.4) is 0 Å². The third-order valence-electron chi connectivity index (χ3n) is 6.16. The van der Waals surface area contributed by atoms with Crippen molar-refractivity contribution < 1.29 is 10.4 Å². The Morgan fingerprint density at radius 3 is 1.35 bits per heavy atom. The van der Waals surface area contributed by atoms with E-state index in [0.717, 1.165) is 55.9 Å². The maximum Gasteiger partial charge on any atom is 0.131 e. The van der Waals surface area contributed by atoms with Crippen molar-refractivity contribution in [1.29, 1.82) is 0 Å². The summed E-state index contributed by atoms with van der Waals surface area (Å²) in [5.74, 6) is 0. The smallest absolute Gasteiger partial charge is 0.131 e. The number of hydrogen-bond donors (Lipinski definition) is 2. The molecule has 2 aromatic heterocycles. The molecule has 8 nitrogen and oxygen atoms in total. The third kappa shape index (κ3) is 3.24. The van der Waals surface area contributed by atoms with E-state index in [0.29, 0.717) is 22.1 Å². The standard InChI is InChI=1S/C26H20N6O2/c33-31-21-15-13-19(23(25(21)27-29-31)17-7-3-1-4-8-17)11-12-20-14-16-22-26(28-30-32(22)34)24(20)18-9-5-2-6-10-18/h1-10,13-16,33-34H,11-12H2. The quantitative estimate of drug-likeness (QED) is 0.368. The van der Waals surface area contributed by atoms with E-state index in [1.165, 1.54) is 0 Å². The second kappa shape index (κ2) is 8.00. The molecule has 0 aliphatic heterocycles. The van der Waals surface area contributed by atoms with Gasteiger partial charge in [-0.1, -0.05) is 82.5 Å². The van der Waals surface area contributed by atoms with Crippen LogP contribution in [-0.4, -0.2) is 40.7 Å². The maximum absolute atomic E-state index is 10.1. The average molecular weight is 448 g/mol. The second-order valence-corrected chi connectivity index (χ2v) is 8.12. The molecule has 4 aromatic carbocycles. The minimum absolute atomic E-state index is 0.563. The fourth-order valence-corrected chi connectivity index (χ4v) is 4.58.